The van der Waals surface area contributed by atoms with Gasteiger partial charge in [-0.1, -0.05) is 35.3 Å². The Morgan fingerprint density at radius 1 is 1.41 bits per heavy atom. The average Bonchev–Trinajstić information content (AvgIpc) is 2.57. The summed E-state index contributed by atoms with van der Waals surface area (Å²) in [6.07, 6.45) is 0.239. The summed E-state index contributed by atoms with van der Waals surface area (Å²) in [5, 5.41) is 9.73. The summed E-state index contributed by atoms with van der Waals surface area (Å²) in [6.45, 7) is 0. The lowest BCUT2D eigenvalue weighted by Gasteiger charge is -2.03. The van der Waals surface area contributed by atoms with Crippen LogP contribution in [0.1, 0.15) is 5.69 Å². The van der Waals surface area contributed by atoms with E-state index in [1.807, 2.05) is 29.8 Å². The monoisotopic (exact) mass is 265 g/mol. The van der Waals surface area contributed by atoms with E-state index in [0.29, 0.717) is 21.7 Å². The lowest BCUT2D eigenvalue weighted by atomic mass is 10.2. The molecule has 17 heavy (non-hydrogen) atoms. The average molecular weight is 266 g/mol. The summed E-state index contributed by atoms with van der Waals surface area (Å²) in [4.78, 5) is 4.26. The molecule has 0 bridgehead atoms. The van der Waals surface area contributed by atoms with Gasteiger partial charge in [0.15, 0.2) is 5.15 Å². The second-order valence-electron chi connectivity index (χ2n) is 3.58. The molecular weight excluding hydrogens is 257 g/mol. The SMILES string of the molecule is Cn1c(-c2cccc(Cl)c2)nc(Cl)c1CC#N. The lowest BCUT2D eigenvalue weighted by Crippen LogP contribution is -1.98. The Balaban J connectivity index is 2.54. The van der Waals surface area contributed by atoms with Crippen molar-refractivity contribution in [2.75, 3.05) is 0 Å². The lowest BCUT2D eigenvalue weighted by molar-refractivity contribution is 0.864. The van der Waals surface area contributed by atoms with Crippen LogP contribution in [0, 0.1) is 11.3 Å². The van der Waals surface area contributed by atoms with Crippen LogP contribution < -0.4 is 0 Å². The van der Waals surface area contributed by atoms with Gasteiger partial charge >= 0.3 is 0 Å². The van der Waals surface area contributed by atoms with Gasteiger partial charge in [0.1, 0.15) is 5.82 Å². The molecule has 3 nitrogen and oxygen atoms in total. The normalized spacial score (nSPS) is 10.2. The molecule has 0 aliphatic rings. The minimum Gasteiger partial charge on any atom is -0.329 e. The van der Waals surface area contributed by atoms with E-state index in [0.717, 1.165) is 5.56 Å². The number of hydrogen-bond acceptors (Lipinski definition) is 2. The van der Waals surface area contributed by atoms with Gasteiger partial charge in [0.2, 0.25) is 0 Å². The molecule has 86 valence electrons. The molecule has 0 saturated heterocycles. The summed E-state index contributed by atoms with van der Waals surface area (Å²) in [5.41, 5.74) is 1.59. The molecule has 0 aliphatic carbocycles. The van der Waals surface area contributed by atoms with E-state index in [4.69, 9.17) is 28.5 Å². The molecule has 0 atom stereocenters. The molecule has 5 heteroatoms. The Bertz CT molecular complexity index is 596. The quantitative estimate of drug-likeness (QED) is 0.835. The van der Waals surface area contributed by atoms with Crippen LogP contribution in [0.4, 0.5) is 0 Å². The smallest absolute Gasteiger partial charge is 0.152 e. The van der Waals surface area contributed by atoms with Gasteiger partial charge in [-0.15, -0.1) is 0 Å². The van der Waals surface area contributed by atoms with Gasteiger partial charge in [-0.3, -0.25) is 0 Å². The highest BCUT2D eigenvalue weighted by Gasteiger charge is 2.14. The third kappa shape index (κ3) is 2.28. The first-order valence-corrected chi connectivity index (χ1v) is 5.73. The van der Waals surface area contributed by atoms with Crippen molar-refractivity contribution in [1.29, 1.82) is 5.26 Å². The number of benzene rings is 1. The number of nitrogens with zero attached hydrogens (tertiary/aromatic N) is 3. The number of nitriles is 1. The highest BCUT2D eigenvalue weighted by molar-refractivity contribution is 6.31. The maximum Gasteiger partial charge on any atom is 0.152 e. The van der Waals surface area contributed by atoms with E-state index in [1.165, 1.54) is 0 Å². The van der Waals surface area contributed by atoms with Crippen molar-refractivity contribution in [3.63, 3.8) is 0 Å². The Morgan fingerprint density at radius 2 is 2.18 bits per heavy atom. The minimum atomic E-state index is 0.239. The van der Waals surface area contributed by atoms with Crippen LogP contribution in [0.5, 0.6) is 0 Å². The summed E-state index contributed by atoms with van der Waals surface area (Å²) in [5.74, 6) is 0.711. The Morgan fingerprint density at radius 3 is 2.82 bits per heavy atom. The first kappa shape index (κ1) is 12.0. The Kier molecular flexibility index (Phi) is 3.37. The number of aromatic nitrogens is 2. The predicted octanol–water partition coefficient (Wildman–Crippen LogP) is 3.46. The zero-order valence-electron chi connectivity index (χ0n) is 9.11. The molecule has 0 amide bonds. The highest BCUT2D eigenvalue weighted by atomic mass is 35.5. The molecule has 0 N–H and O–H groups in total. The van der Waals surface area contributed by atoms with Crippen LogP contribution in [0.15, 0.2) is 24.3 Å². The molecule has 0 fully saturated rings. The van der Waals surface area contributed by atoms with Gasteiger partial charge in [-0.2, -0.15) is 5.26 Å². The van der Waals surface area contributed by atoms with Crippen LogP contribution in [0.25, 0.3) is 11.4 Å². The Hall–Kier alpha value is -1.50. The molecule has 0 unspecified atom stereocenters. The van der Waals surface area contributed by atoms with Crippen LogP contribution >= 0.6 is 23.2 Å². The van der Waals surface area contributed by atoms with Gasteiger partial charge in [-0.05, 0) is 12.1 Å². The van der Waals surface area contributed by atoms with E-state index in [9.17, 15) is 0 Å². The largest absolute Gasteiger partial charge is 0.329 e. The zero-order valence-corrected chi connectivity index (χ0v) is 10.6. The van der Waals surface area contributed by atoms with Crippen molar-refractivity contribution in [3.05, 3.63) is 40.1 Å². The van der Waals surface area contributed by atoms with Crippen LogP contribution in [-0.4, -0.2) is 9.55 Å². The van der Waals surface area contributed by atoms with Gasteiger partial charge in [0.05, 0.1) is 18.2 Å². The van der Waals surface area contributed by atoms with E-state index in [2.05, 4.69) is 11.1 Å². The van der Waals surface area contributed by atoms with Gasteiger partial charge in [0, 0.05) is 17.6 Å². The van der Waals surface area contributed by atoms with E-state index in [1.54, 1.807) is 6.07 Å². The van der Waals surface area contributed by atoms with E-state index < -0.39 is 0 Å². The van der Waals surface area contributed by atoms with Crippen molar-refractivity contribution >= 4 is 23.2 Å². The van der Waals surface area contributed by atoms with E-state index in [-0.39, 0.29) is 6.42 Å². The fraction of sp³-hybridized carbons (Fsp3) is 0.167. The molecule has 1 heterocycles. The predicted molar refractivity (Wildman–Crippen MR) is 68.0 cm³/mol. The first-order chi connectivity index (χ1) is 8.13. The first-order valence-electron chi connectivity index (χ1n) is 4.97. The topological polar surface area (TPSA) is 41.6 Å². The van der Waals surface area contributed by atoms with Crippen molar-refractivity contribution in [3.8, 4) is 17.5 Å². The third-order valence-corrected chi connectivity index (χ3v) is 3.03. The molecule has 1 aromatic heterocycles. The highest BCUT2D eigenvalue weighted by Crippen LogP contribution is 2.26. The van der Waals surface area contributed by atoms with Crippen molar-refractivity contribution in [2.24, 2.45) is 7.05 Å². The molecule has 2 aromatic rings. The molecule has 0 aliphatic heterocycles. The minimum absolute atomic E-state index is 0.239. The van der Waals surface area contributed by atoms with Gasteiger partial charge in [-0.25, -0.2) is 4.98 Å². The van der Waals surface area contributed by atoms with Crippen molar-refractivity contribution in [2.45, 2.75) is 6.42 Å². The number of imidazole rings is 1. The van der Waals surface area contributed by atoms with Crippen LogP contribution in [-0.2, 0) is 13.5 Å². The number of halogens is 2. The van der Waals surface area contributed by atoms with Crippen LogP contribution in [0.3, 0.4) is 0 Å². The maximum atomic E-state index is 8.72. The van der Waals surface area contributed by atoms with Crippen LogP contribution in [0.2, 0.25) is 10.2 Å². The molecule has 0 spiro atoms. The molecule has 2 rings (SSSR count). The van der Waals surface area contributed by atoms with Gasteiger partial charge < -0.3 is 4.57 Å². The third-order valence-electron chi connectivity index (χ3n) is 2.49. The molecule has 0 radical (unpaired) electrons. The zero-order chi connectivity index (χ0) is 12.4. The molecule has 1 aromatic carbocycles. The fourth-order valence-electron chi connectivity index (χ4n) is 1.65. The maximum absolute atomic E-state index is 8.72. The fourth-order valence-corrected chi connectivity index (χ4v) is 2.11. The molecule has 0 saturated carbocycles. The Labute approximate surface area is 109 Å². The van der Waals surface area contributed by atoms with E-state index >= 15 is 0 Å². The van der Waals surface area contributed by atoms with Crippen molar-refractivity contribution < 1.29 is 0 Å². The summed E-state index contributed by atoms with van der Waals surface area (Å²) in [7, 11) is 1.84. The van der Waals surface area contributed by atoms with Crippen molar-refractivity contribution in [1.82, 2.24) is 9.55 Å². The standard InChI is InChI=1S/C12H9Cl2N3/c1-17-10(5-6-15)11(14)16-12(17)8-3-2-4-9(13)7-8/h2-4,7H,5H2,1H3. The number of hydrogen-bond donors (Lipinski definition) is 0. The second-order valence-corrected chi connectivity index (χ2v) is 4.37. The summed E-state index contributed by atoms with van der Waals surface area (Å²) in [6, 6.07) is 9.44. The van der Waals surface area contributed by atoms with Gasteiger partial charge in [0.25, 0.3) is 0 Å². The number of rotatable bonds is 2. The molecular formula is C12H9Cl2N3. The second kappa shape index (κ2) is 4.79. The summed E-state index contributed by atoms with van der Waals surface area (Å²) < 4.78 is 1.82. The summed E-state index contributed by atoms with van der Waals surface area (Å²) >= 11 is 11.9.